The van der Waals surface area contributed by atoms with E-state index in [0.29, 0.717) is 16.0 Å². The van der Waals surface area contributed by atoms with Crippen molar-refractivity contribution in [3.63, 3.8) is 0 Å². The number of nitrogens with two attached hydrogens (primary N) is 1. The smallest absolute Gasteiger partial charge is 0.194 e. The number of thiophene rings is 1. The maximum absolute atomic E-state index is 13.3. The van der Waals surface area contributed by atoms with Crippen molar-refractivity contribution in [2.24, 2.45) is 5.84 Å². The van der Waals surface area contributed by atoms with Crippen LogP contribution in [0.15, 0.2) is 18.2 Å². The lowest BCUT2D eigenvalue weighted by atomic mass is 10.2. The van der Waals surface area contributed by atoms with Gasteiger partial charge in [0.05, 0.1) is 5.39 Å². The van der Waals surface area contributed by atoms with Gasteiger partial charge in [0.25, 0.3) is 0 Å². The molecule has 21 heavy (non-hydrogen) atoms. The van der Waals surface area contributed by atoms with Crippen molar-refractivity contribution in [1.82, 2.24) is 9.97 Å². The normalized spacial score (nSPS) is 11.1. The minimum absolute atomic E-state index is 0.0378. The van der Waals surface area contributed by atoms with Gasteiger partial charge in [0, 0.05) is 10.4 Å². The average Bonchev–Trinajstić information content (AvgIpc) is 2.83. The predicted molar refractivity (Wildman–Crippen MR) is 75.3 cm³/mol. The zero-order chi connectivity index (χ0) is 15.1. The number of nitrogens with one attached hydrogen (secondary N) is 1. The Kier molecular flexibility index (Phi) is 3.26. The third kappa shape index (κ3) is 2.32. The van der Waals surface area contributed by atoms with E-state index in [1.165, 1.54) is 11.3 Å². The molecular formula is C13H9F3N4S. The van der Waals surface area contributed by atoms with Crippen LogP contribution >= 0.6 is 11.3 Å². The van der Waals surface area contributed by atoms with Crippen molar-refractivity contribution >= 4 is 27.4 Å². The summed E-state index contributed by atoms with van der Waals surface area (Å²) in [6.45, 7) is 1.89. The van der Waals surface area contributed by atoms with Gasteiger partial charge >= 0.3 is 0 Å². The molecule has 0 atom stereocenters. The van der Waals surface area contributed by atoms with Gasteiger partial charge in [-0.15, -0.1) is 11.3 Å². The summed E-state index contributed by atoms with van der Waals surface area (Å²) in [5.74, 6) is 1.70. The van der Waals surface area contributed by atoms with Crippen LogP contribution in [0.25, 0.3) is 21.6 Å². The second kappa shape index (κ2) is 4.97. The van der Waals surface area contributed by atoms with Crippen LogP contribution in [0.2, 0.25) is 0 Å². The molecule has 0 fully saturated rings. The quantitative estimate of drug-likeness (QED) is 0.433. The van der Waals surface area contributed by atoms with Gasteiger partial charge < -0.3 is 5.43 Å². The maximum atomic E-state index is 13.3. The Hall–Kier alpha value is -2.19. The zero-order valence-corrected chi connectivity index (χ0v) is 11.6. The lowest BCUT2D eigenvalue weighted by Gasteiger charge is -2.06. The van der Waals surface area contributed by atoms with Crippen LogP contribution in [0.1, 0.15) is 4.88 Å². The molecule has 0 radical (unpaired) electrons. The first-order valence-corrected chi connectivity index (χ1v) is 6.71. The van der Waals surface area contributed by atoms with Crippen LogP contribution in [-0.2, 0) is 0 Å². The maximum Gasteiger partial charge on any atom is 0.194 e. The van der Waals surface area contributed by atoms with Gasteiger partial charge in [-0.2, -0.15) is 0 Å². The molecule has 2 aromatic heterocycles. The number of nitrogens with zero attached hydrogens (tertiary/aromatic N) is 2. The molecule has 1 aromatic carbocycles. The number of hydrogen-bond acceptors (Lipinski definition) is 5. The van der Waals surface area contributed by atoms with E-state index in [-0.39, 0.29) is 11.4 Å². The van der Waals surface area contributed by atoms with Gasteiger partial charge in [-0.25, -0.2) is 29.0 Å². The molecule has 3 N–H and O–H groups in total. The molecule has 0 bridgehead atoms. The van der Waals surface area contributed by atoms with Crippen LogP contribution < -0.4 is 11.3 Å². The molecule has 0 aliphatic carbocycles. The molecule has 0 saturated heterocycles. The minimum Gasteiger partial charge on any atom is -0.308 e. The van der Waals surface area contributed by atoms with E-state index in [9.17, 15) is 13.2 Å². The highest BCUT2D eigenvalue weighted by molar-refractivity contribution is 7.18. The molecule has 2 heterocycles. The molecule has 0 spiro atoms. The van der Waals surface area contributed by atoms with Gasteiger partial charge in [0.2, 0.25) is 0 Å². The van der Waals surface area contributed by atoms with Gasteiger partial charge in [0.1, 0.15) is 4.83 Å². The summed E-state index contributed by atoms with van der Waals surface area (Å²) in [5.41, 5.74) is 2.47. The summed E-state index contributed by atoms with van der Waals surface area (Å²) >= 11 is 1.39. The number of benzene rings is 1. The number of fused-ring (bicyclic) bond motifs is 1. The van der Waals surface area contributed by atoms with E-state index in [2.05, 4.69) is 15.4 Å². The molecule has 0 amide bonds. The Morgan fingerprint density at radius 1 is 1.10 bits per heavy atom. The van der Waals surface area contributed by atoms with E-state index in [0.717, 1.165) is 17.0 Å². The Balaban J connectivity index is 2.25. The third-order valence-corrected chi connectivity index (χ3v) is 3.84. The molecule has 8 heteroatoms. The Labute approximate surface area is 121 Å². The summed E-state index contributed by atoms with van der Waals surface area (Å²) in [5, 5.41) is 0.715. The standard InChI is InChI=1S/C13H9F3N4S/c1-5-2-7-12(20-17)18-11(19-13(7)21-5)6-3-8(14)10(16)9(15)4-6/h2-4H,17H2,1H3,(H,18,19,20). The summed E-state index contributed by atoms with van der Waals surface area (Å²) < 4.78 is 39.6. The van der Waals surface area contributed by atoms with Gasteiger partial charge in [-0.3, -0.25) is 0 Å². The summed E-state index contributed by atoms with van der Waals surface area (Å²) in [6.07, 6.45) is 0. The number of rotatable bonds is 2. The minimum atomic E-state index is -1.52. The van der Waals surface area contributed by atoms with Crippen molar-refractivity contribution < 1.29 is 13.2 Å². The van der Waals surface area contributed by atoms with Crippen molar-refractivity contribution in [1.29, 1.82) is 0 Å². The first-order chi connectivity index (χ1) is 9.99. The number of aromatic nitrogens is 2. The topological polar surface area (TPSA) is 63.8 Å². The first kappa shape index (κ1) is 13.8. The molecule has 4 nitrogen and oxygen atoms in total. The summed E-state index contributed by atoms with van der Waals surface area (Å²) in [7, 11) is 0. The third-order valence-electron chi connectivity index (χ3n) is 2.89. The van der Waals surface area contributed by atoms with Crippen LogP contribution in [-0.4, -0.2) is 9.97 Å². The van der Waals surface area contributed by atoms with Crippen LogP contribution in [0.5, 0.6) is 0 Å². The SMILES string of the molecule is Cc1cc2c(NN)nc(-c3cc(F)c(F)c(F)c3)nc2s1. The molecule has 3 aromatic rings. The van der Waals surface area contributed by atoms with Crippen molar-refractivity contribution in [3.05, 3.63) is 40.5 Å². The molecule has 0 unspecified atom stereocenters. The van der Waals surface area contributed by atoms with E-state index in [1.807, 2.05) is 13.0 Å². The molecule has 3 rings (SSSR count). The van der Waals surface area contributed by atoms with Crippen molar-refractivity contribution in [2.45, 2.75) is 6.92 Å². The van der Waals surface area contributed by atoms with Crippen LogP contribution in [0.4, 0.5) is 19.0 Å². The highest BCUT2D eigenvalue weighted by atomic mass is 32.1. The van der Waals surface area contributed by atoms with E-state index < -0.39 is 17.5 Å². The fourth-order valence-electron chi connectivity index (χ4n) is 1.97. The lowest BCUT2D eigenvalue weighted by molar-refractivity contribution is 0.447. The zero-order valence-electron chi connectivity index (χ0n) is 10.7. The van der Waals surface area contributed by atoms with Crippen LogP contribution in [0.3, 0.4) is 0 Å². The average molecular weight is 310 g/mol. The van der Waals surface area contributed by atoms with Crippen LogP contribution in [0, 0.1) is 24.4 Å². The fourth-order valence-corrected chi connectivity index (χ4v) is 2.85. The summed E-state index contributed by atoms with van der Waals surface area (Å²) in [6, 6.07) is 3.55. The molecule has 0 saturated carbocycles. The van der Waals surface area contributed by atoms with Crippen molar-refractivity contribution in [3.8, 4) is 11.4 Å². The van der Waals surface area contributed by atoms with E-state index in [4.69, 9.17) is 5.84 Å². The highest BCUT2D eigenvalue weighted by Gasteiger charge is 2.16. The van der Waals surface area contributed by atoms with E-state index in [1.54, 1.807) is 0 Å². The van der Waals surface area contributed by atoms with E-state index >= 15 is 0 Å². The van der Waals surface area contributed by atoms with Gasteiger partial charge in [-0.05, 0) is 25.1 Å². The van der Waals surface area contributed by atoms with Gasteiger partial charge in [0.15, 0.2) is 29.1 Å². The van der Waals surface area contributed by atoms with Crippen molar-refractivity contribution in [2.75, 3.05) is 5.43 Å². The first-order valence-electron chi connectivity index (χ1n) is 5.89. The summed E-state index contributed by atoms with van der Waals surface area (Å²) in [4.78, 5) is 9.97. The number of nitrogen functional groups attached to an aromatic ring is 1. The molecule has 0 aliphatic heterocycles. The Bertz CT molecular complexity index is 824. The second-order valence-electron chi connectivity index (χ2n) is 4.37. The number of hydrazine groups is 1. The monoisotopic (exact) mass is 310 g/mol. The predicted octanol–water partition coefficient (Wildman–Crippen LogP) is 3.37. The molecule has 0 aliphatic rings. The number of aryl methyl sites for hydroxylation is 1. The lowest BCUT2D eigenvalue weighted by Crippen LogP contribution is -2.10. The Morgan fingerprint density at radius 3 is 2.38 bits per heavy atom. The largest absolute Gasteiger partial charge is 0.308 e. The highest BCUT2D eigenvalue weighted by Crippen LogP contribution is 2.31. The molecular weight excluding hydrogens is 301 g/mol. The molecule has 108 valence electrons. The number of halogens is 3. The fraction of sp³-hybridized carbons (Fsp3) is 0.0769. The number of hydrogen-bond donors (Lipinski definition) is 2. The second-order valence-corrected chi connectivity index (χ2v) is 5.60. The number of anilines is 1. The van der Waals surface area contributed by atoms with Gasteiger partial charge in [-0.1, -0.05) is 0 Å². The Morgan fingerprint density at radius 2 is 1.76 bits per heavy atom.